The Morgan fingerprint density at radius 3 is 2.47 bits per heavy atom. The van der Waals surface area contributed by atoms with Crippen LogP contribution in [0.2, 0.25) is 0 Å². The van der Waals surface area contributed by atoms with E-state index in [4.69, 9.17) is 0 Å². The van der Waals surface area contributed by atoms with E-state index in [0.717, 1.165) is 23.0 Å². The van der Waals surface area contributed by atoms with Crippen LogP contribution in [0.3, 0.4) is 0 Å². The first-order valence-electron chi connectivity index (χ1n) is 8.67. The molecule has 4 aromatic rings. The van der Waals surface area contributed by atoms with Crippen LogP contribution in [0, 0.1) is 0 Å². The number of nitrogens with zero attached hydrogens (tertiary/aromatic N) is 5. The molecule has 0 spiro atoms. The molecule has 4 rings (SSSR count). The second-order valence-electron chi connectivity index (χ2n) is 6.28. The largest absolute Gasteiger partial charge is 0.418 e. The number of carbonyl (C=O) groups is 1. The summed E-state index contributed by atoms with van der Waals surface area (Å²) in [5.74, 6) is -0.814. The molecular weight excluding hydrogens is 401 g/mol. The molecule has 8 nitrogen and oxygen atoms in total. The van der Waals surface area contributed by atoms with E-state index >= 15 is 0 Å². The summed E-state index contributed by atoms with van der Waals surface area (Å²) >= 11 is 0. The minimum absolute atomic E-state index is 0.0650. The highest BCUT2D eigenvalue weighted by atomic mass is 19.4. The van der Waals surface area contributed by atoms with Gasteiger partial charge in [-0.1, -0.05) is 35.5 Å². The molecular formula is C19H13F3N6O2. The molecule has 2 heterocycles. The summed E-state index contributed by atoms with van der Waals surface area (Å²) in [5, 5.41) is 9.93. The van der Waals surface area contributed by atoms with Gasteiger partial charge >= 0.3 is 6.18 Å². The molecule has 0 aliphatic heterocycles. The van der Waals surface area contributed by atoms with E-state index in [2.05, 4.69) is 20.6 Å². The highest BCUT2D eigenvalue weighted by molar-refractivity contribution is 5.91. The van der Waals surface area contributed by atoms with E-state index in [0.29, 0.717) is 5.69 Å². The number of benzene rings is 2. The Kier molecular flexibility index (Phi) is 4.78. The Labute approximate surface area is 166 Å². The Morgan fingerprint density at radius 2 is 1.73 bits per heavy atom. The second kappa shape index (κ2) is 7.43. The highest BCUT2D eigenvalue weighted by Crippen LogP contribution is 2.34. The van der Waals surface area contributed by atoms with Crippen LogP contribution in [0.5, 0.6) is 0 Å². The molecule has 0 fully saturated rings. The lowest BCUT2D eigenvalue weighted by Crippen LogP contribution is -2.28. The molecule has 30 heavy (non-hydrogen) atoms. The van der Waals surface area contributed by atoms with E-state index < -0.39 is 35.4 Å². The van der Waals surface area contributed by atoms with Gasteiger partial charge in [-0.2, -0.15) is 17.9 Å². The Morgan fingerprint density at radius 1 is 1.03 bits per heavy atom. The van der Waals surface area contributed by atoms with Gasteiger partial charge in [0.15, 0.2) is 11.2 Å². The summed E-state index contributed by atoms with van der Waals surface area (Å²) in [7, 11) is 0. The fourth-order valence-corrected chi connectivity index (χ4v) is 2.88. The Balaban J connectivity index is 1.60. The van der Waals surface area contributed by atoms with Crippen molar-refractivity contribution < 1.29 is 18.0 Å². The van der Waals surface area contributed by atoms with Crippen LogP contribution in [-0.2, 0) is 17.5 Å². The smallest absolute Gasteiger partial charge is 0.324 e. The number of fused-ring (bicyclic) bond motifs is 1. The molecule has 0 aliphatic carbocycles. The first-order chi connectivity index (χ1) is 14.3. The number of hydrogen-bond acceptors (Lipinski definition) is 5. The summed E-state index contributed by atoms with van der Waals surface area (Å²) in [6, 6.07) is 13.5. The van der Waals surface area contributed by atoms with Crippen molar-refractivity contribution in [2.24, 2.45) is 0 Å². The molecule has 1 N–H and O–H groups in total. The van der Waals surface area contributed by atoms with Crippen LogP contribution in [0.25, 0.3) is 16.9 Å². The number of carbonyl (C=O) groups excluding carboxylic acids is 1. The lowest BCUT2D eigenvalue weighted by atomic mass is 10.1. The number of alkyl halides is 3. The molecule has 1 amide bonds. The lowest BCUT2D eigenvalue weighted by molar-refractivity contribution is -0.137. The van der Waals surface area contributed by atoms with Gasteiger partial charge < -0.3 is 5.32 Å². The summed E-state index contributed by atoms with van der Waals surface area (Å²) in [4.78, 5) is 29.0. The van der Waals surface area contributed by atoms with Crippen molar-refractivity contribution in [3.05, 3.63) is 76.8 Å². The molecule has 0 aliphatic rings. The number of nitrogens with one attached hydrogen (secondary N) is 1. The van der Waals surface area contributed by atoms with Crippen LogP contribution in [-0.4, -0.2) is 30.5 Å². The van der Waals surface area contributed by atoms with E-state index in [9.17, 15) is 22.8 Å². The highest BCUT2D eigenvalue weighted by Gasteiger charge is 2.33. The van der Waals surface area contributed by atoms with Gasteiger partial charge in [-0.3, -0.25) is 14.2 Å². The van der Waals surface area contributed by atoms with Gasteiger partial charge in [-0.25, -0.2) is 4.98 Å². The van der Waals surface area contributed by atoms with Gasteiger partial charge in [0.1, 0.15) is 12.9 Å². The predicted octanol–water partition coefficient (Wildman–Crippen LogP) is 2.63. The maximum Gasteiger partial charge on any atom is 0.418 e. The van der Waals surface area contributed by atoms with Crippen molar-refractivity contribution >= 4 is 22.8 Å². The quantitative estimate of drug-likeness (QED) is 0.554. The first-order valence-corrected chi connectivity index (χ1v) is 8.67. The average Bonchev–Trinajstić information content (AvgIpc) is 3.15. The third kappa shape index (κ3) is 3.64. The topological polar surface area (TPSA) is 94.7 Å². The second-order valence-corrected chi connectivity index (χ2v) is 6.28. The standard InChI is InChI=1S/C19H13F3N6O2/c20-19(21,22)13-8-4-5-9-14(13)24-15(29)10-27-11-23-17-16(18(27)30)25-26-28(17)12-6-2-1-3-7-12/h1-9,11H,10H2,(H,24,29). The Hall–Kier alpha value is -4.02. The predicted molar refractivity (Wildman–Crippen MR) is 101 cm³/mol. The van der Waals surface area contributed by atoms with Crippen molar-refractivity contribution in [3.63, 3.8) is 0 Å². The zero-order chi connectivity index (χ0) is 21.3. The maximum atomic E-state index is 13.1. The Bertz CT molecular complexity index is 1280. The van der Waals surface area contributed by atoms with E-state index in [1.807, 2.05) is 6.07 Å². The van der Waals surface area contributed by atoms with Gasteiger partial charge in [-0.15, -0.1) is 5.10 Å². The molecule has 2 aromatic carbocycles. The molecule has 0 saturated heterocycles. The van der Waals surface area contributed by atoms with Crippen LogP contribution in [0.1, 0.15) is 5.56 Å². The number of para-hydroxylation sites is 2. The summed E-state index contributed by atoms with van der Waals surface area (Å²) in [6.07, 6.45) is -3.50. The van der Waals surface area contributed by atoms with Crippen LogP contribution < -0.4 is 10.9 Å². The van der Waals surface area contributed by atoms with Crippen molar-refractivity contribution in [2.45, 2.75) is 12.7 Å². The van der Waals surface area contributed by atoms with Gasteiger partial charge in [0.25, 0.3) is 5.56 Å². The molecule has 0 unspecified atom stereocenters. The van der Waals surface area contributed by atoms with E-state index in [-0.39, 0.29) is 11.2 Å². The number of aromatic nitrogens is 5. The van der Waals surface area contributed by atoms with Crippen LogP contribution >= 0.6 is 0 Å². The van der Waals surface area contributed by atoms with Gasteiger partial charge in [0.05, 0.1) is 16.9 Å². The number of hydrogen-bond donors (Lipinski definition) is 1. The molecule has 11 heteroatoms. The number of anilines is 1. The molecule has 0 bridgehead atoms. The van der Waals surface area contributed by atoms with Crippen molar-refractivity contribution in [1.82, 2.24) is 24.5 Å². The zero-order valence-corrected chi connectivity index (χ0v) is 15.2. The van der Waals surface area contributed by atoms with Gasteiger partial charge in [0.2, 0.25) is 5.91 Å². The molecule has 0 saturated carbocycles. The normalized spacial score (nSPS) is 11.6. The van der Waals surface area contributed by atoms with E-state index in [1.165, 1.54) is 16.8 Å². The minimum atomic E-state index is -4.63. The van der Waals surface area contributed by atoms with Crippen molar-refractivity contribution in [2.75, 3.05) is 5.32 Å². The van der Waals surface area contributed by atoms with Crippen molar-refractivity contribution in [1.29, 1.82) is 0 Å². The number of rotatable bonds is 4. The molecule has 0 radical (unpaired) electrons. The van der Waals surface area contributed by atoms with Gasteiger partial charge in [-0.05, 0) is 24.3 Å². The number of halogens is 3. The fourth-order valence-electron chi connectivity index (χ4n) is 2.88. The van der Waals surface area contributed by atoms with Gasteiger partial charge in [0, 0.05) is 0 Å². The summed E-state index contributed by atoms with van der Waals surface area (Å²) in [6.45, 7) is -0.536. The molecule has 2 aromatic heterocycles. The molecule has 0 atom stereocenters. The van der Waals surface area contributed by atoms with E-state index in [1.54, 1.807) is 24.3 Å². The fraction of sp³-hybridized carbons (Fsp3) is 0.105. The SMILES string of the molecule is O=C(Cn1cnc2c(nnn2-c2ccccc2)c1=O)Nc1ccccc1C(F)(F)F. The first kappa shape index (κ1) is 19.3. The van der Waals surface area contributed by atoms with Crippen LogP contribution in [0.4, 0.5) is 18.9 Å². The van der Waals surface area contributed by atoms with Crippen molar-refractivity contribution in [3.8, 4) is 5.69 Å². The lowest BCUT2D eigenvalue weighted by Gasteiger charge is -2.13. The zero-order valence-electron chi connectivity index (χ0n) is 15.2. The number of amides is 1. The maximum absolute atomic E-state index is 13.1. The monoisotopic (exact) mass is 414 g/mol. The summed E-state index contributed by atoms with van der Waals surface area (Å²) in [5.41, 5.74) is -1.24. The minimum Gasteiger partial charge on any atom is -0.324 e. The average molecular weight is 414 g/mol. The van der Waals surface area contributed by atoms with Crippen LogP contribution in [0.15, 0.2) is 65.7 Å². The summed E-state index contributed by atoms with van der Waals surface area (Å²) < 4.78 is 41.5. The third-order valence-corrected chi connectivity index (χ3v) is 4.25. The molecule has 152 valence electrons. The third-order valence-electron chi connectivity index (χ3n) is 4.25.